The fourth-order valence-corrected chi connectivity index (χ4v) is 2.50. The first kappa shape index (κ1) is 21.7. The maximum Gasteiger partial charge on any atom is 0.321 e. The molecular weight excluding hydrogens is 372 g/mol. The number of rotatable bonds is 6. The minimum absolute atomic E-state index is 0.0457. The SMILES string of the molecule is CNC(=O)NC(=Nc1ccc(OC(C)C)c(C)c1)N(C=O)Cc1ccc(O)cc1. The Labute approximate surface area is 170 Å². The van der Waals surface area contributed by atoms with E-state index in [-0.39, 0.29) is 24.4 Å². The topological polar surface area (TPSA) is 103 Å². The molecule has 0 saturated heterocycles. The second kappa shape index (κ2) is 10.1. The van der Waals surface area contributed by atoms with E-state index in [1.54, 1.807) is 24.3 Å². The van der Waals surface area contributed by atoms with Crippen molar-refractivity contribution in [1.82, 2.24) is 15.5 Å². The van der Waals surface area contributed by atoms with Crippen molar-refractivity contribution in [3.05, 3.63) is 53.6 Å². The Morgan fingerprint density at radius 1 is 1.24 bits per heavy atom. The highest BCUT2D eigenvalue weighted by atomic mass is 16.5. The van der Waals surface area contributed by atoms with Gasteiger partial charge in [0.05, 0.1) is 18.3 Å². The Kier molecular flexibility index (Phi) is 7.59. The molecule has 0 radical (unpaired) electrons. The summed E-state index contributed by atoms with van der Waals surface area (Å²) in [6.07, 6.45) is 0.634. The maximum atomic E-state index is 11.9. The highest BCUT2D eigenvalue weighted by Gasteiger charge is 2.15. The number of carbonyl (C=O) groups excluding carboxylic acids is 2. The molecule has 3 amide bonds. The summed E-state index contributed by atoms with van der Waals surface area (Å²) in [5.74, 6) is 0.948. The van der Waals surface area contributed by atoms with Crippen molar-refractivity contribution < 1.29 is 19.4 Å². The van der Waals surface area contributed by atoms with Crippen LogP contribution < -0.4 is 15.4 Å². The predicted octanol–water partition coefficient (Wildman–Crippen LogP) is 3.06. The Morgan fingerprint density at radius 2 is 1.93 bits per heavy atom. The van der Waals surface area contributed by atoms with Crippen LogP contribution in [0.5, 0.6) is 11.5 Å². The normalized spacial score (nSPS) is 11.1. The standard InChI is InChI=1S/C21H26N4O4/c1-14(2)29-19-10-7-17(11-15(19)3)23-20(24-21(28)22-4)25(13-26)12-16-5-8-18(27)9-6-16/h5-11,13-14,27H,12H2,1-4H3,(H2,22,23,24,28). The highest BCUT2D eigenvalue weighted by Crippen LogP contribution is 2.25. The Morgan fingerprint density at radius 3 is 2.48 bits per heavy atom. The quantitative estimate of drug-likeness (QED) is 0.395. The van der Waals surface area contributed by atoms with Crippen molar-refractivity contribution >= 4 is 24.1 Å². The zero-order valence-electron chi connectivity index (χ0n) is 17.0. The van der Waals surface area contributed by atoms with Gasteiger partial charge in [-0.05, 0) is 62.2 Å². The number of nitrogens with one attached hydrogen (secondary N) is 2. The number of hydrogen-bond acceptors (Lipinski definition) is 5. The van der Waals surface area contributed by atoms with Crippen molar-refractivity contribution in [2.45, 2.75) is 33.4 Å². The van der Waals surface area contributed by atoms with Crippen LogP contribution in [0.4, 0.5) is 10.5 Å². The van der Waals surface area contributed by atoms with Gasteiger partial charge in [-0.1, -0.05) is 12.1 Å². The molecule has 2 aromatic carbocycles. The first-order valence-electron chi connectivity index (χ1n) is 9.17. The van der Waals surface area contributed by atoms with Gasteiger partial charge in [-0.25, -0.2) is 9.79 Å². The fourth-order valence-electron chi connectivity index (χ4n) is 2.50. The monoisotopic (exact) mass is 398 g/mol. The number of urea groups is 1. The molecule has 0 aliphatic carbocycles. The minimum Gasteiger partial charge on any atom is -0.508 e. The number of amides is 3. The molecule has 2 rings (SSSR count). The number of aryl methyl sites for hydroxylation is 1. The summed E-state index contributed by atoms with van der Waals surface area (Å²) in [6.45, 7) is 5.96. The highest BCUT2D eigenvalue weighted by molar-refractivity contribution is 6.01. The predicted molar refractivity (Wildman–Crippen MR) is 111 cm³/mol. The molecule has 29 heavy (non-hydrogen) atoms. The van der Waals surface area contributed by atoms with Crippen LogP contribution in [0.2, 0.25) is 0 Å². The number of nitrogens with zero attached hydrogens (tertiary/aromatic N) is 2. The Balaban J connectivity index is 2.34. The number of ether oxygens (including phenoxy) is 1. The number of phenolic OH excluding ortho intramolecular Hbond substituents is 1. The van der Waals surface area contributed by atoms with Gasteiger partial charge in [0, 0.05) is 7.05 Å². The summed E-state index contributed by atoms with van der Waals surface area (Å²) >= 11 is 0. The van der Waals surface area contributed by atoms with E-state index in [1.807, 2.05) is 26.8 Å². The molecule has 0 heterocycles. The summed E-state index contributed by atoms with van der Waals surface area (Å²) in [5, 5.41) is 14.4. The molecule has 154 valence electrons. The number of guanidine groups is 1. The van der Waals surface area contributed by atoms with Crippen LogP contribution in [0.15, 0.2) is 47.5 Å². The van der Waals surface area contributed by atoms with Crippen LogP contribution >= 0.6 is 0 Å². The molecule has 0 atom stereocenters. The van der Waals surface area contributed by atoms with Crippen molar-refractivity contribution in [3.63, 3.8) is 0 Å². The summed E-state index contributed by atoms with van der Waals surface area (Å²) in [5.41, 5.74) is 2.20. The third kappa shape index (κ3) is 6.53. The third-order valence-electron chi connectivity index (χ3n) is 3.90. The first-order chi connectivity index (χ1) is 13.8. The van der Waals surface area contributed by atoms with Gasteiger partial charge in [0.1, 0.15) is 11.5 Å². The van der Waals surface area contributed by atoms with Gasteiger partial charge in [-0.3, -0.25) is 15.0 Å². The Hall–Kier alpha value is -3.55. The van der Waals surface area contributed by atoms with Gasteiger partial charge < -0.3 is 15.2 Å². The van der Waals surface area contributed by atoms with Gasteiger partial charge in [0.15, 0.2) is 0 Å². The smallest absolute Gasteiger partial charge is 0.321 e. The zero-order chi connectivity index (χ0) is 21.4. The van der Waals surface area contributed by atoms with Crippen LogP contribution in [0.3, 0.4) is 0 Å². The van der Waals surface area contributed by atoms with Crippen LogP contribution in [-0.4, -0.2) is 41.6 Å². The summed E-state index contributed by atoms with van der Waals surface area (Å²) < 4.78 is 5.73. The molecule has 0 aliphatic rings. The second-order valence-corrected chi connectivity index (χ2v) is 6.66. The number of benzene rings is 2. The van der Waals surface area contributed by atoms with Crippen molar-refractivity contribution in [2.24, 2.45) is 4.99 Å². The van der Waals surface area contributed by atoms with E-state index in [0.29, 0.717) is 12.1 Å². The third-order valence-corrected chi connectivity index (χ3v) is 3.90. The molecule has 0 unspecified atom stereocenters. The number of carbonyl (C=O) groups is 2. The molecular formula is C21H26N4O4. The van der Waals surface area contributed by atoms with Crippen LogP contribution in [0.25, 0.3) is 0 Å². The molecule has 0 saturated carbocycles. The molecule has 3 N–H and O–H groups in total. The van der Waals surface area contributed by atoms with E-state index in [4.69, 9.17) is 4.74 Å². The Bertz CT molecular complexity index is 879. The van der Waals surface area contributed by atoms with Gasteiger partial charge in [0.2, 0.25) is 12.4 Å². The molecule has 2 aromatic rings. The largest absolute Gasteiger partial charge is 0.508 e. The van der Waals surface area contributed by atoms with E-state index < -0.39 is 6.03 Å². The van der Waals surface area contributed by atoms with Crippen molar-refractivity contribution in [2.75, 3.05) is 7.05 Å². The molecule has 0 bridgehead atoms. The number of aliphatic imine (C=N–C) groups is 1. The number of phenols is 1. The lowest BCUT2D eigenvalue weighted by molar-refractivity contribution is -0.115. The molecule has 8 heteroatoms. The van der Waals surface area contributed by atoms with Crippen LogP contribution in [-0.2, 0) is 11.3 Å². The maximum absolute atomic E-state index is 11.9. The number of aromatic hydroxyl groups is 1. The van der Waals surface area contributed by atoms with E-state index in [9.17, 15) is 14.7 Å². The van der Waals surface area contributed by atoms with Gasteiger partial charge in [0.25, 0.3) is 0 Å². The molecule has 8 nitrogen and oxygen atoms in total. The van der Waals surface area contributed by atoms with Crippen LogP contribution in [0, 0.1) is 6.92 Å². The average Bonchev–Trinajstić information content (AvgIpc) is 2.68. The van der Waals surface area contributed by atoms with Gasteiger partial charge in [-0.15, -0.1) is 0 Å². The van der Waals surface area contributed by atoms with E-state index in [2.05, 4.69) is 15.6 Å². The lowest BCUT2D eigenvalue weighted by Crippen LogP contribution is -2.46. The van der Waals surface area contributed by atoms with Crippen molar-refractivity contribution in [1.29, 1.82) is 0 Å². The van der Waals surface area contributed by atoms with Gasteiger partial charge >= 0.3 is 6.03 Å². The van der Waals surface area contributed by atoms with Gasteiger partial charge in [-0.2, -0.15) is 0 Å². The van der Waals surface area contributed by atoms with E-state index in [0.717, 1.165) is 16.9 Å². The van der Waals surface area contributed by atoms with Crippen LogP contribution in [0.1, 0.15) is 25.0 Å². The molecule has 0 fully saturated rings. The zero-order valence-corrected chi connectivity index (χ0v) is 17.0. The van der Waals surface area contributed by atoms with E-state index >= 15 is 0 Å². The second-order valence-electron chi connectivity index (χ2n) is 6.66. The molecule has 0 aromatic heterocycles. The average molecular weight is 398 g/mol. The summed E-state index contributed by atoms with van der Waals surface area (Å²) in [7, 11) is 1.47. The summed E-state index contributed by atoms with van der Waals surface area (Å²) in [6, 6.07) is 11.3. The molecule has 0 spiro atoms. The van der Waals surface area contributed by atoms with E-state index in [1.165, 1.54) is 24.1 Å². The number of hydrogen-bond donors (Lipinski definition) is 3. The lowest BCUT2D eigenvalue weighted by Gasteiger charge is -2.20. The van der Waals surface area contributed by atoms with Crippen molar-refractivity contribution in [3.8, 4) is 11.5 Å². The fraction of sp³-hybridized carbons (Fsp3) is 0.286. The minimum atomic E-state index is -0.502. The molecule has 0 aliphatic heterocycles. The summed E-state index contributed by atoms with van der Waals surface area (Å²) in [4.78, 5) is 29.3. The first-order valence-corrected chi connectivity index (χ1v) is 9.17. The lowest BCUT2D eigenvalue weighted by atomic mass is 10.2.